The Kier molecular flexibility index (Phi) is 4.37. The highest BCUT2D eigenvalue weighted by Crippen LogP contribution is 2.40. The summed E-state index contributed by atoms with van der Waals surface area (Å²) in [6.45, 7) is 0. The lowest BCUT2D eigenvalue weighted by atomic mass is 10.1. The molecule has 0 atom stereocenters. The third kappa shape index (κ3) is 3.31. The maximum atomic E-state index is 12.8. The number of aromatic nitrogens is 1. The van der Waals surface area contributed by atoms with Crippen LogP contribution in [0.1, 0.15) is 23.2 Å². The maximum absolute atomic E-state index is 12.8. The van der Waals surface area contributed by atoms with E-state index in [-0.39, 0.29) is 6.20 Å². The molecular weight excluding hydrogens is 319 g/mol. The number of primary sulfonamides is 1. The predicted molar refractivity (Wildman–Crippen MR) is 55.1 cm³/mol. The monoisotopic (exact) mass is 324 g/mol. The van der Waals surface area contributed by atoms with Crippen molar-refractivity contribution in [3.8, 4) is 0 Å². The minimum atomic E-state index is -5.34. The van der Waals surface area contributed by atoms with Gasteiger partial charge in [-0.1, -0.05) is 0 Å². The fourth-order valence-corrected chi connectivity index (χ4v) is 2.66. The topological polar surface area (TPSA) is 73.1 Å². The van der Waals surface area contributed by atoms with E-state index in [1.807, 2.05) is 0 Å². The van der Waals surface area contributed by atoms with Gasteiger partial charge in [-0.15, -0.1) is 11.6 Å². The van der Waals surface area contributed by atoms with Crippen molar-refractivity contribution in [1.82, 2.24) is 4.98 Å². The molecule has 0 bridgehead atoms. The van der Waals surface area contributed by atoms with E-state index in [1.54, 1.807) is 0 Å². The second-order valence-corrected chi connectivity index (χ2v) is 5.11. The van der Waals surface area contributed by atoms with E-state index in [0.717, 1.165) is 0 Å². The van der Waals surface area contributed by atoms with Crippen LogP contribution in [0.25, 0.3) is 0 Å². The van der Waals surface area contributed by atoms with E-state index in [1.165, 1.54) is 0 Å². The van der Waals surface area contributed by atoms with Crippen LogP contribution >= 0.6 is 11.6 Å². The maximum Gasteiger partial charge on any atom is 0.418 e. The molecule has 1 heterocycles. The van der Waals surface area contributed by atoms with Gasteiger partial charge in [-0.3, -0.25) is 4.98 Å². The zero-order chi connectivity index (χ0) is 15.0. The van der Waals surface area contributed by atoms with Crippen LogP contribution in [0.15, 0.2) is 11.1 Å². The van der Waals surface area contributed by atoms with Crippen LogP contribution in [0.4, 0.5) is 22.0 Å². The molecule has 1 aromatic rings. The first kappa shape index (κ1) is 16.1. The van der Waals surface area contributed by atoms with Gasteiger partial charge in [0.05, 0.1) is 17.1 Å². The van der Waals surface area contributed by atoms with E-state index >= 15 is 0 Å². The molecule has 1 rings (SSSR count). The average molecular weight is 325 g/mol. The van der Waals surface area contributed by atoms with Crippen molar-refractivity contribution in [2.45, 2.75) is 23.4 Å². The molecular formula is C8H6ClF5N2O2S. The predicted octanol–water partition coefficient (Wildman–Crippen LogP) is 2.42. The largest absolute Gasteiger partial charge is 0.418 e. The summed E-state index contributed by atoms with van der Waals surface area (Å²) < 4.78 is 85.9. The van der Waals surface area contributed by atoms with Crippen LogP contribution < -0.4 is 5.14 Å². The van der Waals surface area contributed by atoms with Crippen molar-refractivity contribution in [1.29, 1.82) is 0 Å². The number of halogens is 6. The SMILES string of the molecule is NS(=O)(=O)c1c(CCl)ncc(C(F)F)c1C(F)(F)F. The number of hydrogen-bond donors (Lipinski definition) is 1. The van der Waals surface area contributed by atoms with Gasteiger partial charge in [0.15, 0.2) is 0 Å². The van der Waals surface area contributed by atoms with E-state index < -0.39 is 50.2 Å². The molecule has 2 N–H and O–H groups in total. The van der Waals surface area contributed by atoms with Gasteiger partial charge in [0.1, 0.15) is 4.90 Å². The molecule has 11 heteroatoms. The molecule has 0 saturated carbocycles. The Bertz CT molecular complexity index is 588. The standard InChI is InChI=1S/C8H6ClF5N2O2S/c9-1-4-6(19(15,17)18)5(8(12,13)14)3(2-16-4)7(10)11/h2,7H,1H2,(H2,15,17,18). The highest BCUT2D eigenvalue weighted by atomic mass is 35.5. The fraction of sp³-hybridized carbons (Fsp3) is 0.375. The number of sulfonamides is 1. The molecule has 0 aliphatic carbocycles. The smallest absolute Gasteiger partial charge is 0.258 e. The van der Waals surface area contributed by atoms with Gasteiger partial charge >= 0.3 is 6.18 Å². The Labute approximate surface area is 109 Å². The summed E-state index contributed by atoms with van der Waals surface area (Å²) >= 11 is 5.25. The molecule has 108 valence electrons. The molecule has 0 unspecified atom stereocenters. The number of hydrogen-bond acceptors (Lipinski definition) is 3. The molecule has 1 aromatic heterocycles. The number of nitrogens with two attached hydrogens (primary N) is 1. The Balaban J connectivity index is 3.88. The van der Waals surface area contributed by atoms with Crippen molar-refractivity contribution in [2.24, 2.45) is 5.14 Å². The molecule has 0 spiro atoms. The lowest BCUT2D eigenvalue weighted by Gasteiger charge is -2.17. The van der Waals surface area contributed by atoms with Crippen LogP contribution in [-0.2, 0) is 22.1 Å². The third-order valence-corrected chi connectivity index (χ3v) is 3.33. The van der Waals surface area contributed by atoms with Gasteiger partial charge in [-0.05, 0) is 0 Å². The van der Waals surface area contributed by atoms with E-state index in [4.69, 9.17) is 11.6 Å². The van der Waals surface area contributed by atoms with Crippen LogP contribution in [-0.4, -0.2) is 13.4 Å². The Hall–Kier alpha value is -1.00. The zero-order valence-electron chi connectivity index (χ0n) is 8.88. The van der Waals surface area contributed by atoms with Gasteiger partial charge in [0.2, 0.25) is 10.0 Å². The molecule has 0 saturated heterocycles. The van der Waals surface area contributed by atoms with Crippen LogP contribution in [0.2, 0.25) is 0 Å². The van der Waals surface area contributed by atoms with Crippen LogP contribution in [0.3, 0.4) is 0 Å². The molecule has 0 aliphatic heterocycles. The zero-order valence-corrected chi connectivity index (χ0v) is 10.5. The average Bonchev–Trinajstić information content (AvgIpc) is 2.24. The quantitative estimate of drug-likeness (QED) is 0.685. The van der Waals surface area contributed by atoms with Crippen LogP contribution in [0.5, 0.6) is 0 Å². The van der Waals surface area contributed by atoms with Gasteiger partial charge in [0, 0.05) is 11.8 Å². The minimum Gasteiger partial charge on any atom is -0.258 e. The van der Waals surface area contributed by atoms with E-state index in [9.17, 15) is 30.4 Å². The molecule has 0 aromatic carbocycles. The molecule has 0 radical (unpaired) electrons. The minimum absolute atomic E-state index is 0.236. The van der Waals surface area contributed by atoms with Crippen molar-refractivity contribution in [3.05, 3.63) is 23.0 Å². The molecule has 0 aliphatic rings. The summed E-state index contributed by atoms with van der Waals surface area (Å²) in [4.78, 5) is 1.67. The first-order valence-electron chi connectivity index (χ1n) is 4.46. The number of pyridine rings is 1. The summed E-state index contributed by atoms with van der Waals surface area (Å²) in [5.41, 5.74) is -4.33. The second kappa shape index (κ2) is 5.17. The molecule has 4 nitrogen and oxygen atoms in total. The van der Waals surface area contributed by atoms with E-state index in [0.29, 0.717) is 0 Å². The highest BCUT2D eigenvalue weighted by molar-refractivity contribution is 7.89. The van der Waals surface area contributed by atoms with E-state index in [2.05, 4.69) is 10.1 Å². The third-order valence-electron chi connectivity index (χ3n) is 2.07. The van der Waals surface area contributed by atoms with Crippen LogP contribution in [0, 0.1) is 0 Å². The summed E-state index contributed by atoms with van der Waals surface area (Å²) in [5, 5.41) is 4.63. The molecule has 0 amide bonds. The molecule has 19 heavy (non-hydrogen) atoms. The van der Waals surface area contributed by atoms with Gasteiger partial charge in [-0.2, -0.15) is 13.2 Å². The fourth-order valence-electron chi connectivity index (χ4n) is 1.41. The lowest BCUT2D eigenvalue weighted by molar-refractivity contribution is -0.142. The van der Waals surface area contributed by atoms with Crippen molar-refractivity contribution < 1.29 is 30.4 Å². The Morgan fingerprint density at radius 2 is 1.89 bits per heavy atom. The Morgan fingerprint density at radius 3 is 2.21 bits per heavy atom. The van der Waals surface area contributed by atoms with Gasteiger partial charge < -0.3 is 0 Å². The summed E-state index contributed by atoms with van der Waals surface area (Å²) in [5.74, 6) is -0.724. The van der Waals surface area contributed by atoms with Gasteiger partial charge in [0.25, 0.3) is 6.43 Å². The summed E-state index contributed by atoms with van der Waals surface area (Å²) in [6.07, 6.45) is -8.66. The highest BCUT2D eigenvalue weighted by Gasteiger charge is 2.42. The van der Waals surface area contributed by atoms with Gasteiger partial charge in [-0.25, -0.2) is 22.3 Å². The normalized spacial score (nSPS) is 13.1. The molecule has 0 fully saturated rings. The van der Waals surface area contributed by atoms with Crippen molar-refractivity contribution in [2.75, 3.05) is 0 Å². The number of nitrogens with zero attached hydrogens (tertiary/aromatic N) is 1. The Morgan fingerprint density at radius 1 is 1.37 bits per heavy atom. The summed E-state index contributed by atoms with van der Waals surface area (Å²) in [7, 11) is -4.92. The van der Waals surface area contributed by atoms with Crippen molar-refractivity contribution >= 4 is 21.6 Å². The first-order valence-corrected chi connectivity index (χ1v) is 6.54. The second-order valence-electron chi connectivity index (χ2n) is 3.34. The number of rotatable bonds is 3. The summed E-state index contributed by atoms with van der Waals surface area (Å²) in [6, 6.07) is 0. The number of alkyl halides is 6. The van der Waals surface area contributed by atoms with Crippen molar-refractivity contribution in [3.63, 3.8) is 0 Å². The lowest BCUT2D eigenvalue weighted by Crippen LogP contribution is -2.23. The first-order chi connectivity index (χ1) is 8.50.